The molecule has 0 radical (unpaired) electrons. The van der Waals surface area contributed by atoms with Gasteiger partial charge in [0.25, 0.3) is 18.2 Å². The summed E-state index contributed by atoms with van der Waals surface area (Å²) in [5.41, 5.74) is 6.59. The number of thiophene rings is 2. The number of carbonyl (C=O) groups excluding carboxylic acids is 2. The summed E-state index contributed by atoms with van der Waals surface area (Å²) in [5.74, 6) is -0.858. The highest BCUT2D eigenvalue weighted by Crippen LogP contribution is 2.44. The minimum atomic E-state index is -2.82. The number of primary amides is 1. The zero-order chi connectivity index (χ0) is 27.8. The second-order valence-electron chi connectivity index (χ2n) is 8.54. The van der Waals surface area contributed by atoms with Crippen molar-refractivity contribution in [2.45, 2.75) is 27.0 Å². The third kappa shape index (κ3) is 5.49. The molecule has 1 aromatic carbocycles. The lowest BCUT2D eigenvalue weighted by molar-refractivity contribution is 0.100. The maximum absolute atomic E-state index is 13.7. The Hall–Kier alpha value is -3.87. The predicted octanol–water partition coefficient (Wildman–Crippen LogP) is 6.82. The van der Waals surface area contributed by atoms with Crippen LogP contribution in [-0.2, 0) is 6.73 Å². The van der Waals surface area contributed by atoms with Gasteiger partial charge in [-0.1, -0.05) is 11.6 Å². The highest BCUT2D eigenvalue weighted by Gasteiger charge is 2.26. The number of carbonyl (C=O) groups is 2. The number of aryl methyl sites for hydroxylation is 2. The van der Waals surface area contributed by atoms with Crippen molar-refractivity contribution in [3.8, 4) is 16.2 Å². The van der Waals surface area contributed by atoms with E-state index in [1.54, 1.807) is 30.5 Å². The molecule has 2 amide bonds. The molecule has 0 aliphatic carbocycles. The Bertz CT molecular complexity index is 1730. The summed E-state index contributed by atoms with van der Waals surface area (Å²) < 4.78 is 34.5. The zero-order valence-corrected chi connectivity index (χ0v) is 22.9. The second-order valence-corrected chi connectivity index (χ2v) is 11.2. The molecule has 0 spiro atoms. The van der Waals surface area contributed by atoms with Crippen molar-refractivity contribution in [1.82, 2.24) is 14.8 Å². The standard InChI is InChI=1S/C26H20ClF2N5O3S2/c1-12-9-14(4-5-16(12)27)37-11-34-8-7-17(33-34)25(36)32-21-20-15(19-6-3-13(2)38-19)10-18(23(28)29)31-26(20)39-22(21)24(30)35/h3-10,23H,11H2,1-2H3,(H2,30,35)(H,32,36). The Morgan fingerprint density at radius 1 is 1.15 bits per heavy atom. The molecule has 0 unspecified atom stereocenters. The first-order chi connectivity index (χ1) is 18.6. The molecule has 4 heterocycles. The Balaban J connectivity index is 1.47. The molecule has 0 aliphatic rings. The number of nitrogens with two attached hydrogens (primary N) is 1. The maximum atomic E-state index is 13.7. The van der Waals surface area contributed by atoms with Gasteiger partial charge in [0, 0.05) is 31.9 Å². The molecule has 0 aliphatic heterocycles. The number of fused-ring (bicyclic) bond motifs is 1. The summed E-state index contributed by atoms with van der Waals surface area (Å²) in [7, 11) is 0. The molecule has 0 atom stereocenters. The van der Waals surface area contributed by atoms with Gasteiger partial charge in [-0.3, -0.25) is 9.59 Å². The molecule has 39 heavy (non-hydrogen) atoms. The summed E-state index contributed by atoms with van der Waals surface area (Å²) in [4.78, 5) is 31.4. The molecular weight excluding hydrogens is 568 g/mol. The number of rotatable bonds is 8. The number of halogens is 3. The van der Waals surface area contributed by atoms with Crippen LogP contribution in [0.25, 0.3) is 20.7 Å². The first-order valence-corrected chi connectivity index (χ1v) is 13.5. The molecule has 8 nitrogen and oxygen atoms in total. The number of hydrogen-bond acceptors (Lipinski definition) is 7. The maximum Gasteiger partial charge on any atom is 0.280 e. The third-order valence-corrected chi connectivity index (χ3v) is 8.30. The minimum Gasteiger partial charge on any atom is -0.471 e. The topological polar surface area (TPSA) is 112 Å². The summed E-state index contributed by atoms with van der Waals surface area (Å²) in [6.45, 7) is 3.78. The van der Waals surface area contributed by atoms with Crippen molar-refractivity contribution < 1.29 is 23.1 Å². The number of nitrogens with one attached hydrogen (secondary N) is 1. The van der Waals surface area contributed by atoms with E-state index in [4.69, 9.17) is 22.1 Å². The number of aromatic nitrogens is 3. The van der Waals surface area contributed by atoms with E-state index in [1.165, 1.54) is 28.2 Å². The fourth-order valence-corrected chi connectivity index (χ4v) is 5.90. The summed E-state index contributed by atoms with van der Waals surface area (Å²) in [5, 5.41) is 7.94. The van der Waals surface area contributed by atoms with Gasteiger partial charge in [0.2, 0.25) is 0 Å². The normalized spacial score (nSPS) is 11.3. The number of nitrogens with zero attached hydrogens (tertiary/aromatic N) is 3. The van der Waals surface area contributed by atoms with Gasteiger partial charge in [-0.05, 0) is 61.9 Å². The Morgan fingerprint density at radius 2 is 1.95 bits per heavy atom. The van der Waals surface area contributed by atoms with E-state index in [0.29, 0.717) is 26.6 Å². The van der Waals surface area contributed by atoms with Crippen LogP contribution < -0.4 is 15.8 Å². The lowest BCUT2D eigenvalue weighted by atomic mass is 10.1. The SMILES string of the molecule is Cc1ccc(-c2cc(C(F)F)nc3sc(C(N)=O)c(NC(=O)c4ccn(COc5ccc(Cl)c(C)c5)n4)c23)s1. The Kier molecular flexibility index (Phi) is 7.34. The second kappa shape index (κ2) is 10.7. The molecule has 3 N–H and O–H groups in total. The average molecular weight is 588 g/mol. The molecule has 4 aromatic heterocycles. The van der Waals surface area contributed by atoms with E-state index in [9.17, 15) is 18.4 Å². The van der Waals surface area contributed by atoms with Crippen molar-refractivity contribution in [2.75, 3.05) is 5.32 Å². The van der Waals surface area contributed by atoms with Gasteiger partial charge in [-0.25, -0.2) is 18.4 Å². The van der Waals surface area contributed by atoms with Crippen molar-refractivity contribution >= 4 is 62.0 Å². The number of alkyl halides is 2. The van der Waals surface area contributed by atoms with Gasteiger partial charge in [-0.2, -0.15) is 5.10 Å². The highest BCUT2D eigenvalue weighted by molar-refractivity contribution is 7.21. The van der Waals surface area contributed by atoms with Crippen LogP contribution in [0.4, 0.5) is 14.5 Å². The molecule has 200 valence electrons. The predicted molar refractivity (Wildman–Crippen MR) is 148 cm³/mol. The first-order valence-electron chi connectivity index (χ1n) is 11.5. The number of hydrogen-bond donors (Lipinski definition) is 2. The minimum absolute atomic E-state index is 0.00679. The van der Waals surface area contributed by atoms with Crippen LogP contribution in [0.3, 0.4) is 0 Å². The van der Waals surface area contributed by atoms with Crippen molar-refractivity contribution in [3.63, 3.8) is 0 Å². The van der Waals surface area contributed by atoms with E-state index < -0.39 is 23.9 Å². The summed E-state index contributed by atoms with van der Waals surface area (Å²) >= 11 is 8.28. The molecular formula is C26H20ClF2N5O3S2. The smallest absolute Gasteiger partial charge is 0.280 e. The molecule has 5 rings (SSSR count). The number of pyridine rings is 1. The van der Waals surface area contributed by atoms with Gasteiger partial charge >= 0.3 is 0 Å². The Morgan fingerprint density at radius 3 is 2.62 bits per heavy atom. The van der Waals surface area contributed by atoms with Gasteiger partial charge in [0.15, 0.2) is 12.4 Å². The molecule has 0 bridgehead atoms. The Labute approximate surface area is 234 Å². The largest absolute Gasteiger partial charge is 0.471 e. The molecule has 0 saturated carbocycles. The van der Waals surface area contributed by atoms with Gasteiger partial charge in [0.05, 0.1) is 5.69 Å². The molecule has 0 fully saturated rings. The molecule has 0 saturated heterocycles. The molecule has 13 heteroatoms. The monoisotopic (exact) mass is 587 g/mol. The van der Waals surface area contributed by atoms with E-state index in [-0.39, 0.29) is 27.8 Å². The van der Waals surface area contributed by atoms with Crippen molar-refractivity contribution in [3.05, 3.63) is 80.4 Å². The first kappa shape index (κ1) is 26.7. The fourth-order valence-electron chi connectivity index (χ4n) is 3.88. The average Bonchev–Trinajstić information content (AvgIpc) is 3.63. The van der Waals surface area contributed by atoms with Crippen molar-refractivity contribution in [2.24, 2.45) is 5.73 Å². The van der Waals surface area contributed by atoms with Gasteiger partial charge in [0.1, 0.15) is 21.2 Å². The van der Waals surface area contributed by atoms with Gasteiger partial charge in [-0.15, -0.1) is 22.7 Å². The van der Waals surface area contributed by atoms with Crippen LogP contribution >= 0.6 is 34.3 Å². The van der Waals surface area contributed by atoms with E-state index in [0.717, 1.165) is 21.8 Å². The fraction of sp³-hybridized carbons (Fsp3) is 0.154. The van der Waals surface area contributed by atoms with E-state index in [1.807, 2.05) is 19.9 Å². The van der Waals surface area contributed by atoms with E-state index >= 15 is 0 Å². The number of benzene rings is 1. The highest BCUT2D eigenvalue weighted by atomic mass is 35.5. The number of amides is 2. The third-order valence-electron chi connectivity index (χ3n) is 5.74. The molecule has 5 aromatic rings. The lowest BCUT2D eigenvalue weighted by Crippen LogP contribution is -2.17. The van der Waals surface area contributed by atoms with Crippen LogP contribution in [0, 0.1) is 13.8 Å². The lowest BCUT2D eigenvalue weighted by Gasteiger charge is -2.09. The van der Waals surface area contributed by atoms with Gasteiger partial charge < -0.3 is 15.8 Å². The van der Waals surface area contributed by atoms with E-state index in [2.05, 4.69) is 15.4 Å². The van der Waals surface area contributed by atoms with Crippen LogP contribution in [-0.4, -0.2) is 26.6 Å². The summed E-state index contributed by atoms with van der Waals surface area (Å²) in [6, 6.07) is 11.6. The van der Waals surface area contributed by atoms with Crippen LogP contribution in [0.2, 0.25) is 5.02 Å². The van der Waals surface area contributed by atoms with Crippen LogP contribution in [0.1, 0.15) is 42.7 Å². The number of ether oxygens (including phenoxy) is 1. The zero-order valence-electron chi connectivity index (χ0n) is 20.5. The summed E-state index contributed by atoms with van der Waals surface area (Å²) in [6.07, 6.45) is -1.26. The number of anilines is 1. The van der Waals surface area contributed by atoms with Crippen molar-refractivity contribution in [1.29, 1.82) is 0 Å². The van der Waals surface area contributed by atoms with Crippen LogP contribution in [0.15, 0.2) is 48.7 Å². The van der Waals surface area contributed by atoms with Crippen LogP contribution in [0.5, 0.6) is 5.75 Å². The quantitative estimate of drug-likeness (QED) is 0.207.